The molecular formula is C24H26ClN3O3. The third-order valence-electron chi connectivity index (χ3n) is 5.95. The number of amides is 3. The zero-order valence-electron chi connectivity index (χ0n) is 17.4. The summed E-state index contributed by atoms with van der Waals surface area (Å²) in [7, 11) is 0. The van der Waals surface area contributed by atoms with Gasteiger partial charge in [-0.25, -0.2) is 0 Å². The molecule has 162 valence electrons. The van der Waals surface area contributed by atoms with Crippen molar-refractivity contribution in [1.82, 2.24) is 14.7 Å². The van der Waals surface area contributed by atoms with Gasteiger partial charge >= 0.3 is 0 Å². The Morgan fingerprint density at radius 3 is 2.45 bits per heavy atom. The Hall–Kier alpha value is -2.86. The molecule has 7 heteroatoms. The Morgan fingerprint density at radius 2 is 1.68 bits per heavy atom. The van der Waals surface area contributed by atoms with Gasteiger partial charge in [-0.2, -0.15) is 0 Å². The summed E-state index contributed by atoms with van der Waals surface area (Å²) in [4.78, 5) is 43.7. The van der Waals surface area contributed by atoms with Crippen LogP contribution in [0.2, 0.25) is 5.02 Å². The minimum atomic E-state index is -0.314. The second-order valence-corrected chi connectivity index (χ2v) is 8.58. The molecule has 0 spiro atoms. The van der Waals surface area contributed by atoms with Crippen LogP contribution < -0.4 is 0 Å². The molecule has 31 heavy (non-hydrogen) atoms. The van der Waals surface area contributed by atoms with Crippen LogP contribution in [0.4, 0.5) is 0 Å². The first-order valence-corrected chi connectivity index (χ1v) is 11.0. The second-order valence-electron chi connectivity index (χ2n) is 8.14. The van der Waals surface area contributed by atoms with Crippen LogP contribution >= 0.6 is 11.6 Å². The predicted molar refractivity (Wildman–Crippen MR) is 119 cm³/mol. The Morgan fingerprint density at radius 1 is 0.935 bits per heavy atom. The minimum Gasteiger partial charge on any atom is -0.341 e. The molecule has 0 aliphatic carbocycles. The molecule has 1 atom stereocenters. The maximum absolute atomic E-state index is 13.1. The lowest BCUT2D eigenvalue weighted by Gasteiger charge is -2.24. The number of hydrogen-bond donors (Lipinski definition) is 0. The third-order valence-corrected chi connectivity index (χ3v) is 6.18. The van der Waals surface area contributed by atoms with Crippen molar-refractivity contribution in [3.63, 3.8) is 0 Å². The van der Waals surface area contributed by atoms with Gasteiger partial charge in [-0.3, -0.25) is 14.4 Å². The van der Waals surface area contributed by atoms with Crippen LogP contribution in [0.5, 0.6) is 0 Å². The van der Waals surface area contributed by atoms with Gasteiger partial charge in [-0.15, -0.1) is 0 Å². The fourth-order valence-electron chi connectivity index (χ4n) is 4.30. The highest BCUT2D eigenvalue weighted by Gasteiger charge is 2.37. The predicted octanol–water partition coefficient (Wildman–Crippen LogP) is 3.06. The molecule has 2 saturated heterocycles. The largest absolute Gasteiger partial charge is 0.341 e. The van der Waals surface area contributed by atoms with E-state index in [-0.39, 0.29) is 30.1 Å². The molecule has 3 amide bonds. The van der Waals surface area contributed by atoms with Crippen molar-refractivity contribution in [2.24, 2.45) is 5.92 Å². The van der Waals surface area contributed by atoms with E-state index in [0.29, 0.717) is 56.3 Å². The first-order valence-electron chi connectivity index (χ1n) is 10.7. The number of carbonyl (C=O) groups is 3. The number of benzene rings is 2. The molecule has 2 aliphatic rings. The maximum Gasteiger partial charge on any atom is 0.253 e. The van der Waals surface area contributed by atoms with Crippen LogP contribution in [0, 0.1) is 5.92 Å². The molecular weight excluding hydrogens is 414 g/mol. The molecule has 0 aromatic heterocycles. The van der Waals surface area contributed by atoms with Crippen LogP contribution in [0.15, 0.2) is 54.6 Å². The van der Waals surface area contributed by atoms with E-state index in [9.17, 15) is 14.4 Å². The van der Waals surface area contributed by atoms with E-state index < -0.39 is 0 Å². The standard InChI is InChI=1S/C24H26ClN3O3/c25-21-9-4-8-19(14-21)23(30)26-10-5-11-27(13-12-26)24(31)20-15-22(29)28(17-20)16-18-6-2-1-3-7-18/h1-4,6-9,14,20H,5,10-13,15-17H2. The molecule has 2 heterocycles. The minimum absolute atomic E-state index is 0.0148. The van der Waals surface area contributed by atoms with Gasteiger partial charge in [0, 0.05) is 56.3 Å². The zero-order chi connectivity index (χ0) is 21.8. The van der Waals surface area contributed by atoms with E-state index in [4.69, 9.17) is 11.6 Å². The Kier molecular flexibility index (Phi) is 6.56. The normalized spacial score (nSPS) is 19.5. The Balaban J connectivity index is 1.34. The SMILES string of the molecule is O=C1CC(C(=O)N2CCCN(C(=O)c3cccc(Cl)c3)CC2)CN1Cc1ccccc1. The second kappa shape index (κ2) is 9.52. The van der Waals surface area contributed by atoms with E-state index >= 15 is 0 Å². The molecule has 2 fully saturated rings. The van der Waals surface area contributed by atoms with Crippen molar-refractivity contribution >= 4 is 29.3 Å². The zero-order valence-corrected chi connectivity index (χ0v) is 18.1. The fourth-order valence-corrected chi connectivity index (χ4v) is 4.49. The Bertz CT molecular complexity index is 966. The van der Waals surface area contributed by atoms with Crippen molar-refractivity contribution < 1.29 is 14.4 Å². The van der Waals surface area contributed by atoms with Crippen molar-refractivity contribution in [2.45, 2.75) is 19.4 Å². The van der Waals surface area contributed by atoms with E-state index in [1.807, 2.05) is 35.2 Å². The average Bonchev–Trinajstić information content (AvgIpc) is 2.98. The number of halogens is 1. The smallest absolute Gasteiger partial charge is 0.253 e. The molecule has 2 aliphatic heterocycles. The van der Waals surface area contributed by atoms with Crippen molar-refractivity contribution in [3.8, 4) is 0 Å². The van der Waals surface area contributed by atoms with Crippen molar-refractivity contribution in [1.29, 1.82) is 0 Å². The molecule has 0 N–H and O–H groups in total. The molecule has 0 radical (unpaired) electrons. The number of rotatable bonds is 4. The van der Waals surface area contributed by atoms with Crippen LogP contribution in [0.25, 0.3) is 0 Å². The van der Waals surface area contributed by atoms with Crippen molar-refractivity contribution in [2.75, 3.05) is 32.7 Å². The summed E-state index contributed by atoms with van der Waals surface area (Å²) in [5.74, 6) is -0.343. The van der Waals surface area contributed by atoms with Crippen LogP contribution in [0.1, 0.15) is 28.8 Å². The summed E-state index contributed by atoms with van der Waals surface area (Å²) in [5.41, 5.74) is 1.62. The summed E-state index contributed by atoms with van der Waals surface area (Å²) < 4.78 is 0. The van der Waals surface area contributed by atoms with Crippen LogP contribution in [0.3, 0.4) is 0 Å². The molecule has 4 rings (SSSR count). The highest BCUT2D eigenvalue weighted by Crippen LogP contribution is 2.23. The van der Waals surface area contributed by atoms with E-state index in [0.717, 1.165) is 5.56 Å². The van der Waals surface area contributed by atoms with Crippen LogP contribution in [-0.2, 0) is 16.1 Å². The van der Waals surface area contributed by atoms with Crippen LogP contribution in [-0.4, -0.2) is 65.1 Å². The molecule has 1 unspecified atom stereocenters. The lowest BCUT2D eigenvalue weighted by Crippen LogP contribution is -2.40. The number of nitrogens with zero attached hydrogens (tertiary/aromatic N) is 3. The van der Waals surface area contributed by atoms with Crippen molar-refractivity contribution in [3.05, 3.63) is 70.7 Å². The summed E-state index contributed by atoms with van der Waals surface area (Å²) in [6.45, 7) is 3.14. The fraction of sp³-hybridized carbons (Fsp3) is 0.375. The number of hydrogen-bond acceptors (Lipinski definition) is 3. The van der Waals surface area contributed by atoms with Gasteiger partial charge in [-0.05, 0) is 30.2 Å². The number of carbonyl (C=O) groups excluding carboxylic acids is 3. The van der Waals surface area contributed by atoms with Gasteiger partial charge in [0.2, 0.25) is 11.8 Å². The van der Waals surface area contributed by atoms with E-state index in [1.165, 1.54) is 0 Å². The van der Waals surface area contributed by atoms with Gasteiger partial charge in [0.05, 0.1) is 5.92 Å². The van der Waals surface area contributed by atoms with Gasteiger partial charge in [0.25, 0.3) is 5.91 Å². The quantitative estimate of drug-likeness (QED) is 0.735. The summed E-state index contributed by atoms with van der Waals surface area (Å²) >= 11 is 6.02. The first-order chi connectivity index (χ1) is 15.0. The summed E-state index contributed by atoms with van der Waals surface area (Å²) in [6.07, 6.45) is 0.972. The molecule has 0 bridgehead atoms. The Labute approximate surface area is 187 Å². The van der Waals surface area contributed by atoms with Gasteiger partial charge < -0.3 is 14.7 Å². The topological polar surface area (TPSA) is 60.9 Å². The molecule has 2 aromatic rings. The summed E-state index contributed by atoms with van der Waals surface area (Å²) in [6, 6.07) is 16.8. The van der Waals surface area contributed by atoms with E-state index in [2.05, 4.69) is 0 Å². The lowest BCUT2D eigenvalue weighted by atomic mass is 10.1. The lowest BCUT2D eigenvalue weighted by molar-refractivity contribution is -0.135. The molecule has 0 saturated carbocycles. The first kappa shape index (κ1) is 21.4. The van der Waals surface area contributed by atoms with E-state index in [1.54, 1.807) is 34.1 Å². The summed E-state index contributed by atoms with van der Waals surface area (Å²) in [5, 5.41) is 0.531. The monoisotopic (exact) mass is 439 g/mol. The van der Waals surface area contributed by atoms with Gasteiger partial charge in [0.15, 0.2) is 0 Å². The van der Waals surface area contributed by atoms with Gasteiger partial charge in [-0.1, -0.05) is 48.0 Å². The number of likely N-dealkylation sites (tertiary alicyclic amines) is 1. The highest BCUT2D eigenvalue weighted by atomic mass is 35.5. The van der Waals surface area contributed by atoms with Gasteiger partial charge in [0.1, 0.15) is 0 Å². The molecule has 2 aromatic carbocycles. The maximum atomic E-state index is 13.1. The highest BCUT2D eigenvalue weighted by molar-refractivity contribution is 6.30. The molecule has 6 nitrogen and oxygen atoms in total. The third kappa shape index (κ3) is 5.07. The average molecular weight is 440 g/mol.